The molecule has 4 rings (SSSR count). The Kier molecular flexibility index (Phi) is 5.41. The van der Waals surface area contributed by atoms with Crippen molar-refractivity contribution in [1.82, 2.24) is 9.47 Å². The number of pyridine rings is 1. The van der Waals surface area contributed by atoms with Crippen molar-refractivity contribution in [2.75, 3.05) is 31.1 Å². The Labute approximate surface area is 173 Å². The Morgan fingerprint density at radius 1 is 1.14 bits per heavy atom. The molecular weight excluding hydrogens is 389 g/mol. The van der Waals surface area contributed by atoms with Crippen LogP contribution in [0.1, 0.15) is 28.6 Å². The maximum Gasteiger partial charge on any atom is 0.260 e. The lowest BCUT2D eigenvalue weighted by Gasteiger charge is -2.36. The predicted molar refractivity (Wildman–Crippen MR) is 116 cm³/mol. The van der Waals surface area contributed by atoms with Crippen LogP contribution in [0.5, 0.6) is 0 Å². The van der Waals surface area contributed by atoms with Gasteiger partial charge < -0.3 is 14.4 Å². The molecule has 152 valence electrons. The van der Waals surface area contributed by atoms with E-state index in [2.05, 4.69) is 0 Å². The molecule has 2 aromatic heterocycles. The molecule has 0 spiro atoms. The number of anilines is 1. The second kappa shape index (κ2) is 7.99. The van der Waals surface area contributed by atoms with E-state index in [1.165, 1.54) is 17.4 Å². The van der Waals surface area contributed by atoms with Gasteiger partial charge in [0.15, 0.2) is 0 Å². The Morgan fingerprint density at radius 2 is 1.86 bits per heavy atom. The number of amides is 1. The first-order chi connectivity index (χ1) is 14.0. The third-order valence-electron chi connectivity index (χ3n) is 5.43. The summed E-state index contributed by atoms with van der Waals surface area (Å²) >= 11 is 1.49. The standard InChI is InChI=1S/C22H24FN3O2S/c1-3-9-25-10-8-18-20(22(25)28)19(15(2)29-18)21(27)26-13-11-24(12-14-26)17-7-5-4-6-16(17)23/h4-8,10H,3,9,11-14H2,1-2H3. The molecule has 29 heavy (non-hydrogen) atoms. The molecule has 0 saturated carbocycles. The van der Waals surface area contributed by atoms with Crippen molar-refractivity contribution in [3.63, 3.8) is 0 Å². The summed E-state index contributed by atoms with van der Waals surface area (Å²) in [6, 6.07) is 8.64. The maximum absolute atomic E-state index is 14.1. The number of aryl methyl sites for hydroxylation is 2. The second-order valence-corrected chi connectivity index (χ2v) is 8.57. The van der Waals surface area contributed by atoms with Crippen molar-refractivity contribution >= 4 is 33.0 Å². The van der Waals surface area contributed by atoms with E-state index in [1.807, 2.05) is 37.1 Å². The number of hydrogen-bond donors (Lipinski definition) is 0. The highest BCUT2D eigenvalue weighted by atomic mass is 32.1. The molecule has 1 fully saturated rings. The van der Waals surface area contributed by atoms with Gasteiger partial charge in [-0.25, -0.2) is 4.39 Å². The third kappa shape index (κ3) is 3.55. The van der Waals surface area contributed by atoms with Gasteiger partial charge in [-0.2, -0.15) is 0 Å². The average molecular weight is 414 g/mol. The fraction of sp³-hybridized carbons (Fsp3) is 0.364. The van der Waals surface area contributed by atoms with Gasteiger partial charge in [-0.15, -0.1) is 11.3 Å². The normalized spacial score (nSPS) is 14.6. The predicted octanol–water partition coefficient (Wildman–Crippen LogP) is 3.88. The minimum absolute atomic E-state index is 0.0953. The smallest absolute Gasteiger partial charge is 0.260 e. The van der Waals surface area contributed by atoms with Crippen molar-refractivity contribution in [2.45, 2.75) is 26.8 Å². The van der Waals surface area contributed by atoms with Gasteiger partial charge in [-0.1, -0.05) is 19.1 Å². The van der Waals surface area contributed by atoms with E-state index in [1.54, 1.807) is 21.6 Å². The number of halogens is 1. The lowest BCUT2D eigenvalue weighted by atomic mass is 10.1. The molecule has 0 radical (unpaired) electrons. The van der Waals surface area contributed by atoms with Crippen molar-refractivity contribution in [3.8, 4) is 0 Å². The van der Waals surface area contributed by atoms with E-state index in [4.69, 9.17) is 0 Å². The van der Waals surface area contributed by atoms with Crippen molar-refractivity contribution in [3.05, 3.63) is 63.1 Å². The highest BCUT2D eigenvalue weighted by Crippen LogP contribution is 2.30. The Balaban J connectivity index is 1.60. The lowest BCUT2D eigenvalue weighted by molar-refractivity contribution is 0.0748. The van der Waals surface area contributed by atoms with Gasteiger partial charge in [-0.3, -0.25) is 9.59 Å². The van der Waals surface area contributed by atoms with Gasteiger partial charge in [0.05, 0.1) is 16.6 Å². The van der Waals surface area contributed by atoms with Crippen LogP contribution >= 0.6 is 11.3 Å². The number of thiophene rings is 1. The molecule has 7 heteroatoms. The SMILES string of the molecule is CCCn1ccc2sc(C)c(C(=O)N3CCN(c4ccccc4F)CC3)c2c1=O. The Hall–Kier alpha value is -2.67. The number of rotatable bonds is 4. The number of benzene rings is 1. The van der Waals surface area contributed by atoms with E-state index >= 15 is 0 Å². The number of nitrogens with zero attached hydrogens (tertiary/aromatic N) is 3. The van der Waals surface area contributed by atoms with Crippen molar-refractivity contribution in [1.29, 1.82) is 0 Å². The van der Waals surface area contributed by atoms with E-state index in [-0.39, 0.29) is 17.3 Å². The van der Waals surface area contributed by atoms with Gasteiger partial charge in [0.1, 0.15) is 5.82 Å². The number of carbonyl (C=O) groups is 1. The van der Waals surface area contributed by atoms with Crippen LogP contribution in [0.15, 0.2) is 41.3 Å². The molecule has 1 aromatic carbocycles. The summed E-state index contributed by atoms with van der Waals surface area (Å²) in [7, 11) is 0. The monoisotopic (exact) mass is 413 g/mol. The summed E-state index contributed by atoms with van der Waals surface area (Å²) in [6.45, 7) is 6.69. The first-order valence-electron chi connectivity index (χ1n) is 9.92. The fourth-order valence-electron chi connectivity index (χ4n) is 3.96. The number of piperazine rings is 1. The van der Waals surface area contributed by atoms with Gasteiger partial charge in [0, 0.05) is 48.5 Å². The number of para-hydroxylation sites is 1. The number of fused-ring (bicyclic) bond motifs is 1. The molecule has 0 N–H and O–H groups in total. The van der Waals surface area contributed by atoms with Gasteiger partial charge >= 0.3 is 0 Å². The van der Waals surface area contributed by atoms with E-state index in [0.29, 0.717) is 49.4 Å². The molecule has 1 aliphatic rings. The quantitative estimate of drug-likeness (QED) is 0.652. The molecule has 1 saturated heterocycles. The van der Waals surface area contributed by atoms with Crippen LogP contribution in [0, 0.1) is 12.7 Å². The van der Waals surface area contributed by atoms with Crippen LogP contribution < -0.4 is 10.5 Å². The first-order valence-corrected chi connectivity index (χ1v) is 10.7. The molecule has 3 aromatic rings. The highest BCUT2D eigenvalue weighted by molar-refractivity contribution is 7.19. The molecule has 5 nitrogen and oxygen atoms in total. The maximum atomic E-state index is 14.1. The zero-order valence-corrected chi connectivity index (χ0v) is 17.5. The second-order valence-electron chi connectivity index (χ2n) is 7.32. The van der Waals surface area contributed by atoms with Crippen molar-refractivity contribution in [2.24, 2.45) is 0 Å². The summed E-state index contributed by atoms with van der Waals surface area (Å²) < 4.78 is 16.6. The summed E-state index contributed by atoms with van der Waals surface area (Å²) in [6.07, 6.45) is 2.67. The summed E-state index contributed by atoms with van der Waals surface area (Å²) in [5.74, 6) is -0.350. The van der Waals surface area contributed by atoms with E-state index in [0.717, 1.165) is 16.0 Å². The largest absolute Gasteiger partial charge is 0.366 e. The molecular formula is C22H24FN3O2S. The summed E-state index contributed by atoms with van der Waals surface area (Å²) in [5, 5.41) is 0.532. The minimum Gasteiger partial charge on any atom is -0.366 e. The lowest BCUT2D eigenvalue weighted by Crippen LogP contribution is -2.49. The van der Waals surface area contributed by atoms with Crippen molar-refractivity contribution < 1.29 is 9.18 Å². The zero-order chi connectivity index (χ0) is 20.5. The van der Waals surface area contributed by atoms with Gasteiger partial charge in [0.2, 0.25) is 0 Å². The van der Waals surface area contributed by atoms with Crippen LogP contribution in [-0.4, -0.2) is 41.6 Å². The molecule has 3 heterocycles. The Bertz CT molecular complexity index is 1110. The number of aromatic nitrogens is 1. The molecule has 0 aliphatic carbocycles. The van der Waals surface area contributed by atoms with Crippen LogP contribution in [0.25, 0.3) is 10.1 Å². The topological polar surface area (TPSA) is 45.6 Å². The van der Waals surface area contributed by atoms with Crippen LogP contribution in [-0.2, 0) is 6.54 Å². The van der Waals surface area contributed by atoms with E-state index in [9.17, 15) is 14.0 Å². The average Bonchev–Trinajstić information content (AvgIpc) is 3.07. The van der Waals surface area contributed by atoms with E-state index < -0.39 is 0 Å². The number of carbonyl (C=O) groups excluding carboxylic acids is 1. The zero-order valence-electron chi connectivity index (χ0n) is 16.7. The van der Waals surface area contributed by atoms with Crippen LogP contribution in [0.3, 0.4) is 0 Å². The third-order valence-corrected chi connectivity index (χ3v) is 6.50. The van der Waals surface area contributed by atoms with Crippen LogP contribution in [0.2, 0.25) is 0 Å². The molecule has 0 unspecified atom stereocenters. The Morgan fingerprint density at radius 3 is 2.55 bits per heavy atom. The summed E-state index contributed by atoms with van der Waals surface area (Å²) in [4.78, 5) is 30.9. The van der Waals surface area contributed by atoms with Crippen LogP contribution in [0.4, 0.5) is 10.1 Å². The minimum atomic E-state index is -0.247. The summed E-state index contributed by atoms with van der Waals surface area (Å²) in [5.41, 5.74) is 1.00. The fourth-order valence-corrected chi connectivity index (χ4v) is 5.00. The van der Waals surface area contributed by atoms with Gasteiger partial charge in [0.25, 0.3) is 11.5 Å². The molecule has 1 amide bonds. The first kappa shape index (κ1) is 19.6. The molecule has 0 bridgehead atoms. The van der Waals surface area contributed by atoms with Gasteiger partial charge in [-0.05, 0) is 31.5 Å². The highest BCUT2D eigenvalue weighted by Gasteiger charge is 2.28. The molecule has 0 atom stereocenters. The number of hydrogen-bond acceptors (Lipinski definition) is 4. The molecule has 1 aliphatic heterocycles.